The summed E-state index contributed by atoms with van der Waals surface area (Å²) in [5, 5.41) is 8.56. The number of ether oxygens (including phenoxy) is 2. The summed E-state index contributed by atoms with van der Waals surface area (Å²) < 4.78 is 10.3. The molecule has 0 atom stereocenters. The van der Waals surface area contributed by atoms with E-state index >= 15 is 0 Å². The normalized spacial score (nSPS) is 19.4. The third-order valence-corrected chi connectivity index (χ3v) is 1.70. The van der Waals surface area contributed by atoms with Gasteiger partial charge in [0.1, 0.15) is 0 Å². The van der Waals surface area contributed by atoms with Gasteiger partial charge in [0.15, 0.2) is 5.78 Å². The first-order valence-corrected chi connectivity index (χ1v) is 3.95. The van der Waals surface area contributed by atoms with Crippen LogP contribution in [0.4, 0.5) is 0 Å². The topological polar surface area (TPSA) is 55.8 Å². The third-order valence-electron chi connectivity index (χ3n) is 1.70. The van der Waals surface area contributed by atoms with E-state index in [1.165, 1.54) is 31.4 Å². The van der Waals surface area contributed by atoms with E-state index in [1.807, 2.05) is 0 Å². The summed E-state index contributed by atoms with van der Waals surface area (Å²) in [6, 6.07) is 0. The Kier molecular flexibility index (Phi) is 3.36. The van der Waals surface area contributed by atoms with E-state index in [4.69, 9.17) is 14.6 Å². The van der Waals surface area contributed by atoms with Gasteiger partial charge in [-0.25, -0.2) is 0 Å². The van der Waals surface area contributed by atoms with Gasteiger partial charge in [0.2, 0.25) is 5.79 Å². The maximum absolute atomic E-state index is 10.8. The number of rotatable bonds is 4. The van der Waals surface area contributed by atoms with Crippen LogP contribution in [-0.4, -0.2) is 37.0 Å². The summed E-state index contributed by atoms with van der Waals surface area (Å²) in [7, 11) is 1.47. The molecule has 13 heavy (non-hydrogen) atoms. The van der Waals surface area contributed by atoms with E-state index in [2.05, 4.69) is 0 Å². The van der Waals surface area contributed by atoms with Crippen molar-refractivity contribution in [1.29, 1.82) is 0 Å². The van der Waals surface area contributed by atoms with Crippen molar-refractivity contribution in [3.05, 3.63) is 24.3 Å². The highest BCUT2D eigenvalue weighted by Gasteiger charge is 2.26. The van der Waals surface area contributed by atoms with Crippen LogP contribution in [0.25, 0.3) is 0 Å². The highest BCUT2D eigenvalue weighted by atomic mass is 16.7. The number of hydrogen-bond acceptors (Lipinski definition) is 4. The SMILES string of the molecule is COC1(OCCO)C=CC(=O)C=C1. The Morgan fingerprint density at radius 2 is 2.08 bits per heavy atom. The molecule has 0 heterocycles. The summed E-state index contributed by atoms with van der Waals surface area (Å²) in [4.78, 5) is 10.8. The van der Waals surface area contributed by atoms with Crippen LogP contribution in [0.3, 0.4) is 0 Å². The van der Waals surface area contributed by atoms with E-state index in [1.54, 1.807) is 0 Å². The second kappa shape index (κ2) is 4.32. The standard InChI is InChI=1S/C9H12O4/c1-12-9(13-7-6-10)4-2-8(11)3-5-9/h2-5,10H,6-7H2,1H3. The lowest BCUT2D eigenvalue weighted by atomic mass is 10.1. The molecule has 1 N–H and O–H groups in total. The maximum Gasteiger partial charge on any atom is 0.208 e. The molecule has 1 rings (SSSR count). The third kappa shape index (κ3) is 2.48. The van der Waals surface area contributed by atoms with Crippen molar-refractivity contribution in [2.24, 2.45) is 0 Å². The summed E-state index contributed by atoms with van der Waals surface area (Å²) in [6.07, 6.45) is 5.79. The van der Waals surface area contributed by atoms with E-state index in [0.29, 0.717) is 0 Å². The van der Waals surface area contributed by atoms with Crippen molar-refractivity contribution in [2.75, 3.05) is 20.3 Å². The lowest BCUT2D eigenvalue weighted by Gasteiger charge is -2.26. The molecule has 72 valence electrons. The molecule has 0 spiro atoms. The summed E-state index contributed by atoms with van der Waals surface area (Å²) in [5.41, 5.74) is 0. The molecule has 0 fully saturated rings. The van der Waals surface area contributed by atoms with E-state index in [0.717, 1.165) is 0 Å². The molecule has 0 aliphatic heterocycles. The minimum absolute atomic E-state index is 0.0826. The first-order chi connectivity index (χ1) is 6.22. The minimum Gasteiger partial charge on any atom is -0.394 e. The molecule has 0 aromatic rings. The Labute approximate surface area is 76.5 Å². The zero-order valence-electron chi connectivity index (χ0n) is 7.40. The Bertz CT molecular complexity index is 226. The second-order valence-electron chi connectivity index (χ2n) is 2.57. The lowest BCUT2D eigenvalue weighted by Crippen LogP contribution is -2.33. The van der Waals surface area contributed by atoms with Crippen molar-refractivity contribution in [1.82, 2.24) is 0 Å². The van der Waals surface area contributed by atoms with Crippen LogP contribution in [0.15, 0.2) is 24.3 Å². The van der Waals surface area contributed by atoms with Gasteiger partial charge in [-0.05, 0) is 24.3 Å². The summed E-state index contributed by atoms with van der Waals surface area (Å²) in [6.45, 7) is 0.0808. The van der Waals surface area contributed by atoms with Gasteiger partial charge < -0.3 is 14.6 Å². The number of hydrogen-bond donors (Lipinski definition) is 1. The monoisotopic (exact) mass is 184 g/mol. The molecule has 0 saturated heterocycles. The van der Waals surface area contributed by atoms with Gasteiger partial charge in [-0.2, -0.15) is 0 Å². The van der Waals surface area contributed by atoms with Crippen LogP contribution in [0.5, 0.6) is 0 Å². The molecule has 0 aromatic heterocycles. The maximum atomic E-state index is 10.8. The predicted molar refractivity (Wildman–Crippen MR) is 46.1 cm³/mol. The molecule has 1 aliphatic rings. The molecular weight excluding hydrogens is 172 g/mol. The van der Waals surface area contributed by atoms with Gasteiger partial charge in [-0.1, -0.05) is 0 Å². The first-order valence-electron chi connectivity index (χ1n) is 3.95. The van der Waals surface area contributed by atoms with Crippen LogP contribution in [0, 0.1) is 0 Å². The van der Waals surface area contributed by atoms with Crippen molar-refractivity contribution in [2.45, 2.75) is 5.79 Å². The molecule has 0 bridgehead atoms. The Morgan fingerprint density at radius 3 is 2.54 bits per heavy atom. The Morgan fingerprint density at radius 1 is 1.46 bits per heavy atom. The fourth-order valence-electron chi connectivity index (χ4n) is 1.00. The molecule has 4 heteroatoms. The molecule has 0 saturated carbocycles. The molecule has 0 aromatic carbocycles. The van der Waals surface area contributed by atoms with Crippen LogP contribution in [0.1, 0.15) is 0 Å². The lowest BCUT2D eigenvalue weighted by molar-refractivity contribution is -0.160. The highest BCUT2D eigenvalue weighted by Crippen LogP contribution is 2.19. The zero-order chi connectivity index (χ0) is 9.73. The van der Waals surface area contributed by atoms with E-state index in [9.17, 15) is 4.79 Å². The minimum atomic E-state index is -0.989. The second-order valence-corrected chi connectivity index (χ2v) is 2.57. The summed E-state index contributed by atoms with van der Waals surface area (Å²) >= 11 is 0. The molecule has 0 amide bonds. The number of aliphatic hydroxyl groups is 1. The van der Waals surface area contributed by atoms with Gasteiger partial charge in [0, 0.05) is 7.11 Å². The van der Waals surface area contributed by atoms with Crippen LogP contribution in [0.2, 0.25) is 0 Å². The number of allylic oxidation sites excluding steroid dienone is 2. The number of carbonyl (C=O) groups is 1. The Hall–Kier alpha value is -0.970. The summed E-state index contributed by atoms with van der Waals surface area (Å²) in [5.74, 6) is -1.09. The number of methoxy groups -OCH3 is 1. The molecule has 1 aliphatic carbocycles. The van der Waals surface area contributed by atoms with Gasteiger partial charge >= 0.3 is 0 Å². The van der Waals surface area contributed by atoms with Crippen LogP contribution in [-0.2, 0) is 14.3 Å². The largest absolute Gasteiger partial charge is 0.394 e. The average molecular weight is 184 g/mol. The van der Waals surface area contributed by atoms with Gasteiger partial charge in [0.05, 0.1) is 13.2 Å². The highest BCUT2D eigenvalue weighted by molar-refractivity contribution is 6.00. The smallest absolute Gasteiger partial charge is 0.208 e. The van der Waals surface area contributed by atoms with Crippen molar-refractivity contribution < 1.29 is 19.4 Å². The first kappa shape index (κ1) is 10.1. The molecular formula is C9H12O4. The van der Waals surface area contributed by atoms with Crippen molar-refractivity contribution in [3.63, 3.8) is 0 Å². The molecule has 4 nitrogen and oxygen atoms in total. The molecule has 0 unspecified atom stereocenters. The predicted octanol–water partition coefficient (Wildman–Crippen LogP) is 0.0331. The van der Waals surface area contributed by atoms with E-state index in [-0.39, 0.29) is 19.0 Å². The van der Waals surface area contributed by atoms with E-state index < -0.39 is 5.79 Å². The zero-order valence-corrected chi connectivity index (χ0v) is 7.40. The van der Waals surface area contributed by atoms with Crippen LogP contribution < -0.4 is 0 Å². The number of ketones is 1. The fourth-order valence-corrected chi connectivity index (χ4v) is 1.00. The van der Waals surface area contributed by atoms with Gasteiger partial charge in [-0.15, -0.1) is 0 Å². The van der Waals surface area contributed by atoms with Crippen LogP contribution >= 0.6 is 0 Å². The number of aliphatic hydroxyl groups excluding tert-OH is 1. The quantitative estimate of drug-likeness (QED) is 0.626. The Balaban J connectivity index is 2.65. The average Bonchev–Trinajstić information content (AvgIpc) is 2.18. The fraction of sp³-hybridized carbons (Fsp3) is 0.444. The molecule has 0 radical (unpaired) electrons. The van der Waals surface area contributed by atoms with Crippen molar-refractivity contribution >= 4 is 5.78 Å². The van der Waals surface area contributed by atoms with Gasteiger partial charge in [-0.3, -0.25) is 4.79 Å². The number of carbonyl (C=O) groups excluding carboxylic acids is 1. The van der Waals surface area contributed by atoms with Crippen molar-refractivity contribution in [3.8, 4) is 0 Å². The van der Waals surface area contributed by atoms with Gasteiger partial charge in [0.25, 0.3) is 0 Å².